The predicted molar refractivity (Wildman–Crippen MR) is 103 cm³/mol. The van der Waals surface area contributed by atoms with E-state index >= 15 is 0 Å². The second kappa shape index (κ2) is 8.56. The Labute approximate surface area is 158 Å². The van der Waals surface area contributed by atoms with Gasteiger partial charge in [0.25, 0.3) is 0 Å². The minimum absolute atomic E-state index is 0.0352. The molecule has 1 saturated heterocycles. The highest BCUT2D eigenvalue weighted by Gasteiger charge is 2.23. The zero-order valence-electron chi connectivity index (χ0n) is 14.8. The second-order valence-corrected chi connectivity index (χ2v) is 9.37. The quantitative estimate of drug-likeness (QED) is 0.779. The standard InChI is InChI=1S/C18H24FN3O2S2/c1-2-11-26(23,24)21-16-7-9-22(10-8-16)12-17-13-25-18(20-17)14-3-5-15(19)6-4-14/h3-6,13,16,21H,2,7-12H2,1H3. The van der Waals surface area contributed by atoms with E-state index in [-0.39, 0.29) is 17.6 Å². The van der Waals surface area contributed by atoms with Crippen molar-refractivity contribution >= 4 is 21.4 Å². The molecule has 1 aliphatic rings. The third-order valence-corrected chi connectivity index (χ3v) is 7.01. The Kier molecular flexibility index (Phi) is 6.39. The number of rotatable bonds is 7. The van der Waals surface area contributed by atoms with E-state index in [1.165, 1.54) is 12.1 Å². The van der Waals surface area contributed by atoms with Crippen LogP contribution in [0.5, 0.6) is 0 Å². The van der Waals surface area contributed by atoms with Crippen molar-refractivity contribution in [3.05, 3.63) is 41.2 Å². The third-order valence-electron chi connectivity index (χ3n) is 4.44. The number of nitrogens with zero attached hydrogens (tertiary/aromatic N) is 2. The van der Waals surface area contributed by atoms with E-state index in [0.717, 1.165) is 48.7 Å². The van der Waals surface area contributed by atoms with Crippen LogP contribution in [0.25, 0.3) is 10.6 Å². The summed E-state index contributed by atoms with van der Waals surface area (Å²) in [5.41, 5.74) is 1.92. The average Bonchev–Trinajstić information content (AvgIpc) is 3.05. The number of piperidine rings is 1. The van der Waals surface area contributed by atoms with Gasteiger partial charge in [-0.1, -0.05) is 6.92 Å². The Hall–Kier alpha value is -1.35. The van der Waals surface area contributed by atoms with Gasteiger partial charge in [0.15, 0.2) is 0 Å². The molecular formula is C18H24FN3O2S2. The molecule has 0 saturated carbocycles. The van der Waals surface area contributed by atoms with Crippen molar-refractivity contribution in [3.8, 4) is 10.6 Å². The zero-order valence-corrected chi connectivity index (χ0v) is 16.5. The van der Waals surface area contributed by atoms with Crippen LogP contribution in [0, 0.1) is 5.82 Å². The van der Waals surface area contributed by atoms with Crippen molar-refractivity contribution in [1.82, 2.24) is 14.6 Å². The van der Waals surface area contributed by atoms with Crippen LogP contribution < -0.4 is 4.72 Å². The first-order chi connectivity index (χ1) is 12.4. The van der Waals surface area contributed by atoms with E-state index in [0.29, 0.717) is 6.42 Å². The third kappa shape index (κ3) is 5.33. The number of hydrogen-bond donors (Lipinski definition) is 1. The molecule has 1 aliphatic heterocycles. The summed E-state index contributed by atoms with van der Waals surface area (Å²) in [4.78, 5) is 6.95. The van der Waals surface area contributed by atoms with Crippen LogP contribution in [0.15, 0.2) is 29.6 Å². The number of benzene rings is 1. The predicted octanol–water partition coefficient (Wildman–Crippen LogP) is 3.24. The van der Waals surface area contributed by atoms with E-state index in [4.69, 9.17) is 0 Å². The minimum Gasteiger partial charge on any atom is -0.297 e. The summed E-state index contributed by atoms with van der Waals surface area (Å²) in [7, 11) is -3.14. The molecule has 0 amide bonds. The maximum absolute atomic E-state index is 13.0. The maximum Gasteiger partial charge on any atom is 0.211 e. The first-order valence-electron chi connectivity index (χ1n) is 8.88. The SMILES string of the molecule is CCCS(=O)(=O)NC1CCN(Cc2csc(-c3ccc(F)cc3)n2)CC1. The van der Waals surface area contributed by atoms with Crippen LogP contribution in [0.1, 0.15) is 31.9 Å². The van der Waals surface area contributed by atoms with Crippen molar-refractivity contribution in [2.75, 3.05) is 18.8 Å². The van der Waals surface area contributed by atoms with Crippen LogP contribution in [0.2, 0.25) is 0 Å². The molecule has 8 heteroatoms. The van der Waals surface area contributed by atoms with Crippen molar-refractivity contribution in [2.24, 2.45) is 0 Å². The van der Waals surface area contributed by atoms with E-state index in [9.17, 15) is 12.8 Å². The highest BCUT2D eigenvalue weighted by molar-refractivity contribution is 7.89. The van der Waals surface area contributed by atoms with Gasteiger partial charge in [-0.05, 0) is 43.5 Å². The lowest BCUT2D eigenvalue weighted by molar-refractivity contribution is 0.198. The number of thiazole rings is 1. The van der Waals surface area contributed by atoms with Crippen LogP contribution >= 0.6 is 11.3 Å². The second-order valence-electron chi connectivity index (χ2n) is 6.64. The number of aromatic nitrogens is 1. The molecule has 0 radical (unpaired) electrons. The van der Waals surface area contributed by atoms with Crippen molar-refractivity contribution in [3.63, 3.8) is 0 Å². The van der Waals surface area contributed by atoms with Gasteiger partial charge in [-0.25, -0.2) is 22.5 Å². The summed E-state index contributed by atoms with van der Waals surface area (Å²) in [5, 5.41) is 2.93. The summed E-state index contributed by atoms with van der Waals surface area (Å²) in [5.74, 6) is -0.0546. The van der Waals surface area contributed by atoms with Gasteiger partial charge in [0, 0.05) is 36.6 Å². The van der Waals surface area contributed by atoms with Crippen LogP contribution in [0.4, 0.5) is 4.39 Å². The maximum atomic E-state index is 13.0. The van der Waals surface area contributed by atoms with Gasteiger partial charge in [0.05, 0.1) is 11.4 Å². The molecule has 1 aromatic carbocycles. The van der Waals surface area contributed by atoms with E-state index in [1.807, 2.05) is 12.3 Å². The molecule has 0 aliphatic carbocycles. The highest BCUT2D eigenvalue weighted by Crippen LogP contribution is 2.25. The first kappa shape index (κ1) is 19.4. The van der Waals surface area contributed by atoms with Gasteiger partial charge in [0.2, 0.25) is 10.0 Å². The number of halogens is 1. The number of nitrogens with one attached hydrogen (secondary N) is 1. The van der Waals surface area contributed by atoms with Gasteiger partial charge in [-0.15, -0.1) is 11.3 Å². The fraction of sp³-hybridized carbons (Fsp3) is 0.500. The highest BCUT2D eigenvalue weighted by atomic mass is 32.2. The molecule has 2 heterocycles. The zero-order chi connectivity index (χ0) is 18.6. The minimum atomic E-state index is -3.14. The van der Waals surface area contributed by atoms with E-state index in [2.05, 4.69) is 14.6 Å². The number of hydrogen-bond acceptors (Lipinski definition) is 5. The summed E-state index contributed by atoms with van der Waals surface area (Å²) in [6.07, 6.45) is 2.27. The number of sulfonamides is 1. The molecule has 142 valence electrons. The molecule has 1 aromatic heterocycles. The molecule has 1 fully saturated rings. The molecule has 0 unspecified atom stereocenters. The van der Waals surface area contributed by atoms with E-state index < -0.39 is 10.0 Å². The Bertz CT molecular complexity index is 813. The van der Waals surface area contributed by atoms with Gasteiger partial charge < -0.3 is 0 Å². The fourth-order valence-corrected chi connectivity index (χ4v) is 5.34. The normalized spacial score (nSPS) is 16.8. The monoisotopic (exact) mass is 397 g/mol. The molecule has 1 N–H and O–H groups in total. The smallest absolute Gasteiger partial charge is 0.211 e. The van der Waals surface area contributed by atoms with E-state index in [1.54, 1.807) is 23.5 Å². The van der Waals surface area contributed by atoms with Crippen LogP contribution in [-0.4, -0.2) is 43.2 Å². The van der Waals surface area contributed by atoms with Gasteiger partial charge in [-0.3, -0.25) is 4.90 Å². The Morgan fingerprint density at radius 3 is 2.62 bits per heavy atom. The molecule has 3 rings (SSSR count). The fourth-order valence-electron chi connectivity index (χ4n) is 3.12. The summed E-state index contributed by atoms with van der Waals surface area (Å²) in [6.45, 7) is 4.33. The average molecular weight is 398 g/mol. The van der Waals surface area contributed by atoms with Gasteiger partial charge in [-0.2, -0.15) is 0 Å². The topological polar surface area (TPSA) is 62.3 Å². The molecule has 0 bridgehead atoms. The molecular weight excluding hydrogens is 373 g/mol. The summed E-state index contributed by atoms with van der Waals surface area (Å²) in [6, 6.07) is 6.41. The van der Waals surface area contributed by atoms with Crippen molar-refractivity contribution < 1.29 is 12.8 Å². The lowest BCUT2D eigenvalue weighted by Gasteiger charge is -2.31. The number of likely N-dealkylation sites (tertiary alicyclic amines) is 1. The largest absolute Gasteiger partial charge is 0.297 e. The Morgan fingerprint density at radius 1 is 1.27 bits per heavy atom. The van der Waals surface area contributed by atoms with Crippen molar-refractivity contribution in [2.45, 2.75) is 38.8 Å². The van der Waals surface area contributed by atoms with Gasteiger partial charge >= 0.3 is 0 Å². The molecule has 26 heavy (non-hydrogen) atoms. The summed E-state index contributed by atoms with van der Waals surface area (Å²) < 4.78 is 39.6. The molecule has 5 nitrogen and oxygen atoms in total. The first-order valence-corrected chi connectivity index (χ1v) is 11.4. The lowest BCUT2D eigenvalue weighted by atomic mass is 10.1. The van der Waals surface area contributed by atoms with Crippen LogP contribution in [0.3, 0.4) is 0 Å². The molecule has 0 spiro atoms. The Balaban J connectivity index is 1.51. The van der Waals surface area contributed by atoms with Crippen molar-refractivity contribution in [1.29, 1.82) is 0 Å². The van der Waals surface area contributed by atoms with Crippen LogP contribution in [-0.2, 0) is 16.6 Å². The van der Waals surface area contributed by atoms with Gasteiger partial charge in [0.1, 0.15) is 10.8 Å². The molecule has 0 atom stereocenters. The molecule has 2 aromatic rings. The summed E-state index contributed by atoms with van der Waals surface area (Å²) >= 11 is 1.56. The lowest BCUT2D eigenvalue weighted by Crippen LogP contribution is -2.44. The Morgan fingerprint density at radius 2 is 1.96 bits per heavy atom.